The normalized spacial score (nSPS) is 11.9. The van der Waals surface area contributed by atoms with Gasteiger partial charge in [-0.05, 0) is 35.2 Å². The van der Waals surface area contributed by atoms with E-state index in [1.54, 1.807) is 0 Å². The van der Waals surface area contributed by atoms with Crippen molar-refractivity contribution in [2.45, 2.75) is 65.1 Å². The van der Waals surface area contributed by atoms with Crippen LogP contribution in [0, 0.1) is 18.4 Å². The molecule has 0 nitrogen and oxygen atoms in total. The average molecular weight is 273 g/mol. The first kappa shape index (κ1) is 16.1. The van der Waals surface area contributed by atoms with E-state index in [-0.39, 0.29) is 0 Å². The molecule has 0 aliphatic heterocycles. The fourth-order valence-electron chi connectivity index (χ4n) is 3.32. The van der Waals surface area contributed by atoms with Gasteiger partial charge < -0.3 is 0 Å². The molecule has 0 aliphatic carbocycles. The largest absolute Gasteiger partial charge is 0.146 e. The van der Waals surface area contributed by atoms with Gasteiger partial charge in [-0.25, -0.2) is 0 Å². The molecule has 19 heavy (non-hydrogen) atoms. The first-order valence-electron chi connectivity index (χ1n) is 7.41. The molecule has 0 atom stereocenters. The lowest BCUT2D eigenvalue weighted by Crippen LogP contribution is -2.43. The lowest BCUT2D eigenvalue weighted by molar-refractivity contribution is 0.838. The first-order valence-corrected chi connectivity index (χ1v) is 9.64. The van der Waals surface area contributed by atoms with E-state index >= 15 is 0 Å². The van der Waals surface area contributed by atoms with E-state index in [1.807, 2.05) is 0 Å². The summed E-state index contributed by atoms with van der Waals surface area (Å²) in [4.78, 5) is 0. The van der Waals surface area contributed by atoms with Crippen molar-refractivity contribution in [1.82, 2.24) is 0 Å². The van der Waals surface area contributed by atoms with E-state index in [1.165, 1.54) is 11.1 Å². The van der Waals surface area contributed by atoms with Crippen LogP contribution >= 0.6 is 0 Å². The Hall–Kier alpha value is -1.00. The standard InChI is InChI=1S/C18H28Si/c1-14(2)19(15(3)4,16(5)6)13-12-18-11-9-8-10-17(18)7/h8-11,14-16H,1-7H3. The zero-order chi connectivity index (χ0) is 14.6. The zero-order valence-electron chi connectivity index (χ0n) is 13.5. The van der Waals surface area contributed by atoms with Crippen molar-refractivity contribution in [2.24, 2.45) is 0 Å². The second kappa shape index (κ2) is 6.44. The molecular formula is C18H28Si. The molecule has 1 aromatic rings. The summed E-state index contributed by atoms with van der Waals surface area (Å²) in [5, 5.41) is 0. The molecule has 0 N–H and O–H groups in total. The Bertz CT molecular complexity index is 450. The molecule has 0 saturated heterocycles. The highest BCUT2D eigenvalue weighted by molar-refractivity contribution is 6.90. The van der Waals surface area contributed by atoms with E-state index < -0.39 is 8.07 Å². The van der Waals surface area contributed by atoms with E-state index in [9.17, 15) is 0 Å². The molecule has 0 heterocycles. The average Bonchev–Trinajstić information content (AvgIpc) is 2.30. The maximum Gasteiger partial charge on any atom is 0.146 e. The molecule has 0 aromatic heterocycles. The van der Waals surface area contributed by atoms with Crippen molar-refractivity contribution in [1.29, 1.82) is 0 Å². The van der Waals surface area contributed by atoms with Crippen LogP contribution in [-0.4, -0.2) is 8.07 Å². The van der Waals surface area contributed by atoms with E-state index in [0.29, 0.717) is 16.6 Å². The molecular weight excluding hydrogens is 244 g/mol. The van der Waals surface area contributed by atoms with E-state index in [0.717, 1.165) is 0 Å². The minimum Gasteiger partial charge on any atom is -0.125 e. The predicted octanol–water partition coefficient (Wildman–Crippen LogP) is 5.56. The molecule has 0 radical (unpaired) electrons. The van der Waals surface area contributed by atoms with E-state index in [4.69, 9.17) is 0 Å². The highest BCUT2D eigenvalue weighted by atomic mass is 28.3. The maximum absolute atomic E-state index is 3.78. The minimum absolute atomic E-state index is 0.698. The highest BCUT2D eigenvalue weighted by Gasteiger charge is 2.41. The van der Waals surface area contributed by atoms with Gasteiger partial charge in [0.2, 0.25) is 0 Å². The summed E-state index contributed by atoms with van der Waals surface area (Å²) >= 11 is 0. The van der Waals surface area contributed by atoms with Crippen molar-refractivity contribution in [3.63, 3.8) is 0 Å². The molecule has 0 amide bonds. The summed E-state index contributed by atoms with van der Waals surface area (Å²) in [5.74, 6) is 3.51. The Morgan fingerprint density at radius 2 is 1.32 bits per heavy atom. The number of hydrogen-bond acceptors (Lipinski definition) is 0. The van der Waals surface area contributed by atoms with Crippen molar-refractivity contribution < 1.29 is 0 Å². The Morgan fingerprint density at radius 3 is 1.74 bits per heavy atom. The first-order chi connectivity index (χ1) is 8.82. The smallest absolute Gasteiger partial charge is 0.125 e. The van der Waals surface area contributed by atoms with Gasteiger partial charge in [0, 0.05) is 5.56 Å². The molecule has 1 aromatic carbocycles. The highest BCUT2D eigenvalue weighted by Crippen LogP contribution is 2.40. The van der Waals surface area contributed by atoms with Gasteiger partial charge in [0.15, 0.2) is 0 Å². The van der Waals surface area contributed by atoms with Gasteiger partial charge in [-0.2, -0.15) is 0 Å². The zero-order valence-corrected chi connectivity index (χ0v) is 14.5. The molecule has 0 spiro atoms. The minimum atomic E-state index is -1.59. The van der Waals surface area contributed by atoms with Gasteiger partial charge in [-0.1, -0.05) is 65.7 Å². The molecule has 104 valence electrons. The summed E-state index contributed by atoms with van der Waals surface area (Å²) in [6, 6.07) is 8.45. The molecule has 0 bridgehead atoms. The van der Waals surface area contributed by atoms with Gasteiger partial charge in [-0.3, -0.25) is 0 Å². The molecule has 0 saturated carbocycles. The predicted molar refractivity (Wildman–Crippen MR) is 89.1 cm³/mol. The number of aryl methyl sites for hydroxylation is 1. The van der Waals surface area contributed by atoms with Gasteiger partial charge in [0.1, 0.15) is 8.07 Å². The summed E-state index contributed by atoms with van der Waals surface area (Å²) in [5.41, 5.74) is 8.35. The summed E-state index contributed by atoms with van der Waals surface area (Å²) in [7, 11) is -1.59. The fraction of sp³-hybridized carbons (Fsp3) is 0.556. The quantitative estimate of drug-likeness (QED) is 0.499. The van der Waals surface area contributed by atoms with Gasteiger partial charge in [0.25, 0.3) is 0 Å². The third kappa shape index (κ3) is 3.31. The van der Waals surface area contributed by atoms with Crippen molar-refractivity contribution in [3.8, 4) is 11.5 Å². The molecule has 0 unspecified atom stereocenters. The fourth-order valence-corrected chi connectivity index (χ4v) is 8.54. The number of rotatable bonds is 3. The summed E-state index contributed by atoms with van der Waals surface area (Å²) in [6.07, 6.45) is 0. The van der Waals surface area contributed by atoms with Crippen molar-refractivity contribution >= 4 is 8.07 Å². The van der Waals surface area contributed by atoms with Crippen LogP contribution in [0.3, 0.4) is 0 Å². The topological polar surface area (TPSA) is 0 Å². The number of hydrogen-bond donors (Lipinski definition) is 0. The summed E-state index contributed by atoms with van der Waals surface area (Å²) < 4.78 is 0. The Morgan fingerprint density at radius 1 is 0.842 bits per heavy atom. The Labute approximate surface area is 120 Å². The van der Waals surface area contributed by atoms with Crippen LogP contribution in [0.5, 0.6) is 0 Å². The Kier molecular flexibility index (Phi) is 5.44. The van der Waals surface area contributed by atoms with Crippen LogP contribution in [-0.2, 0) is 0 Å². The molecule has 1 rings (SSSR count). The van der Waals surface area contributed by atoms with E-state index in [2.05, 4.69) is 84.2 Å². The van der Waals surface area contributed by atoms with Crippen LogP contribution in [0.15, 0.2) is 24.3 Å². The van der Waals surface area contributed by atoms with Crippen LogP contribution in [0.2, 0.25) is 16.6 Å². The van der Waals surface area contributed by atoms with Crippen LogP contribution in [0.1, 0.15) is 52.7 Å². The summed E-state index contributed by atoms with van der Waals surface area (Å²) in [6.45, 7) is 16.3. The van der Waals surface area contributed by atoms with Crippen LogP contribution in [0.25, 0.3) is 0 Å². The van der Waals surface area contributed by atoms with Crippen molar-refractivity contribution in [2.75, 3.05) is 0 Å². The lowest BCUT2D eigenvalue weighted by Gasteiger charge is -2.38. The number of benzene rings is 1. The van der Waals surface area contributed by atoms with Gasteiger partial charge >= 0.3 is 0 Å². The van der Waals surface area contributed by atoms with Gasteiger partial charge in [0.05, 0.1) is 0 Å². The third-order valence-corrected chi connectivity index (χ3v) is 10.7. The molecule has 1 heteroatoms. The third-order valence-electron chi connectivity index (χ3n) is 4.42. The van der Waals surface area contributed by atoms with Crippen molar-refractivity contribution in [3.05, 3.63) is 35.4 Å². The molecule has 0 aliphatic rings. The monoisotopic (exact) mass is 272 g/mol. The lowest BCUT2D eigenvalue weighted by atomic mass is 10.1. The van der Waals surface area contributed by atoms with Crippen LogP contribution in [0.4, 0.5) is 0 Å². The Balaban J connectivity index is 3.28. The molecule has 0 fully saturated rings. The second-order valence-electron chi connectivity index (χ2n) is 6.46. The second-order valence-corrected chi connectivity index (χ2v) is 12.0. The van der Waals surface area contributed by atoms with Gasteiger partial charge in [-0.15, -0.1) is 5.54 Å². The van der Waals surface area contributed by atoms with Crippen LogP contribution < -0.4 is 0 Å². The SMILES string of the molecule is Cc1ccccc1C#C[Si](C(C)C)(C(C)C)C(C)C. The maximum atomic E-state index is 3.78.